The van der Waals surface area contributed by atoms with Gasteiger partial charge in [-0.15, -0.1) is 0 Å². The number of imide groups is 1. The van der Waals surface area contributed by atoms with Crippen molar-refractivity contribution >= 4 is 58.2 Å². The molecule has 0 unspecified atom stereocenters. The molecule has 3 amide bonds. The van der Waals surface area contributed by atoms with E-state index in [2.05, 4.69) is 5.32 Å². The molecule has 10 nitrogen and oxygen atoms in total. The molecule has 248 valence electrons. The number of nitrogens with zero attached hydrogens (tertiary/aromatic N) is 2. The standard InChI is InChI=1S/C33H26F3N3O7S2/c1-3-46-31(43)17-11-13-20(14-12-17)39-28(41)25-24(21-9-4-5-10-22(21)45-2)27-30(47-26(25)29(39)42)38(32(44)48-27)16-23(40)37-19-8-6-7-18(15-19)33(34,35)36/h4-15,24-26H,3,16H2,1-2H3,(H,37,40)/t24-,25-,26+/m0/s1. The van der Waals surface area contributed by atoms with Crippen LogP contribution < -0.4 is 19.8 Å². The highest BCUT2D eigenvalue weighted by atomic mass is 32.2. The number of hydrogen-bond donors (Lipinski definition) is 1. The van der Waals surface area contributed by atoms with Crippen molar-refractivity contribution in [1.29, 1.82) is 0 Å². The molecule has 4 aromatic rings. The van der Waals surface area contributed by atoms with E-state index in [0.29, 0.717) is 21.2 Å². The number of rotatable bonds is 8. The number of thioether (sulfide) groups is 1. The summed E-state index contributed by atoms with van der Waals surface area (Å²) in [6, 6.07) is 16.9. The Morgan fingerprint density at radius 1 is 0.958 bits per heavy atom. The van der Waals surface area contributed by atoms with Crippen LogP contribution in [-0.4, -0.2) is 47.2 Å². The molecule has 3 heterocycles. The van der Waals surface area contributed by atoms with Crippen LogP contribution in [0.15, 0.2) is 82.6 Å². The minimum absolute atomic E-state index is 0.104. The lowest BCUT2D eigenvalue weighted by molar-refractivity contribution is -0.137. The van der Waals surface area contributed by atoms with E-state index in [1.165, 1.54) is 42.0 Å². The fraction of sp³-hybridized carbons (Fsp3) is 0.242. The Morgan fingerprint density at radius 2 is 1.69 bits per heavy atom. The molecule has 2 aliphatic heterocycles. The summed E-state index contributed by atoms with van der Waals surface area (Å²) in [5, 5.41) is 1.70. The van der Waals surface area contributed by atoms with E-state index in [0.717, 1.165) is 46.2 Å². The van der Waals surface area contributed by atoms with Gasteiger partial charge in [0.25, 0.3) is 0 Å². The van der Waals surface area contributed by atoms with Crippen molar-refractivity contribution in [3.8, 4) is 5.75 Å². The molecule has 1 fully saturated rings. The highest BCUT2D eigenvalue weighted by Gasteiger charge is 2.57. The first kappa shape index (κ1) is 33.0. The molecule has 6 rings (SSSR count). The number of hydrogen-bond acceptors (Lipinski definition) is 9. The van der Waals surface area contributed by atoms with Crippen LogP contribution in [0.1, 0.15) is 39.2 Å². The van der Waals surface area contributed by atoms with Gasteiger partial charge < -0.3 is 14.8 Å². The van der Waals surface area contributed by atoms with Crippen molar-refractivity contribution in [2.75, 3.05) is 23.9 Å². The number of benzene rings is 3. The third-order valence-corrected chi connectivity index (χ3v) is 10.5. The van der Waals surface area contributed by atoms with E-state index in [-0.39, 0.29) is 23.5 Å². The normalized spacial score (nSPS) is 18.7. The van der Waals surface area contributed by atoms with E-state index in [9.17, 15) is 37.1 Å². The summed E-state index contributed by atoms with van der Waals surface area (Å²) >= 11 is 1.80. The molecule has 3 atom stereocenters. The van der Waals surface area contributed by atoms with Crippen molar-refractivity contribution in [3.05, 3.63) is 104 Å². The van der Waals surface area contributed by atoms with Gasteiger partial charge in [0.05, 0.1) is 41.5 Å². The zero-order chi connectivity index (χ0) is 34.3. The minimum Gasteiger partial charge on any atom is -0.496 e. The van der Waals surface area contributed by atoms with Crippen LogP contribution >= 0.6 is 23.1 Å². The Morgan fingerprint density at radius 3 is 2.38 bits per heavy atom. The van der Waals surface area contributed by atoms with E-state index >= 15 is 0 Å². The Kier molecular flexibility index (Phi) is 8.92. The highest BCUT2D eigenvalue weighted by molar-refractivity contribution is 8.00. The fourth-order valence-electron chi connectivity index (χ4n) is 5.85. The average Bonchev–Trinajstić information content (AvgIpc) is 3.50. The summed E-state index contributed by atoms with van der Waals surface area (Å²) in [5.41, 5.74) is -0.0102. The maximum absolute atomic E-state index is 14.2. The molecule has 0 aliphatic carbocycles. The average molecular weight is 698 g/mol. The van der Waals surface area contributed by atoms with Gasteiger partial charge in [-0.1, -0.05) is 47.4 Å². The summed E-state index contributed by atoms with van der Waals surface area (Å²) in [6.07, 6.45) is -4.62. The second-order valence-corrected chi connectivity index (χ2v) is 12.9. The van der Waals surface area contributed by atoms with E-state index < -0.39 is 63.9 Å². The molecule has 3 aromatic carbocycles. The topological polar surface area (TPSA) is 124 Å². The minimum atomic E-state index is -4.62. The predicted molar refractivity (Wildman–Crippen MR) is 172 cm³/mol. The Bertz CT molecular complexity index is 1990. The smallest absolute Gasteiger partial charge is 0.416 e. The van der Waals surface area contributed by atoms with Crippen molar-refractivity contribution < 1.29 is 41.8 Å². The van der Waals surface area contributed by atoms with Gasteiger partial charge in [0.2, 0.25) is 17.7 Å². The van der Waals surface area contributed by atoms with Crippen molar-refractivity contribution in [1.82, 2.24) is 4.57 Å². The van der Waals surface area contributed by atoms with Gasteiger partial charge in [-0.25, -0.2) is 9.69 Å². The summed E-state index contributed by atoms with van der Waals surface area (Å²) in [5.74, 6) is -3.73. The maximum atomic E-state index is 14.2. The number of carbonyl (C=O) groups is 4. The van der Waals surface area contributed by atoms with Gasteiger partial charge in [0, 0.05) is 22.0 Å². The zero-order valence-corrected chi connectivity index (χ0v) is 26.9. The number of halogens is 3. The Balaban J connectivity index is 1.37. The SMILES string of the molecule is CCOC(=O)c1ccc(N2C(=O)[C@H]3[C@H](c4ccccc4OC)c4sc(=O)n(CC(=O)Nc5cccc(C(F)(F)F)c5)c4S[C@H]3C2=O)cc1. The van der Waals surface area contributed by atoms with Crippen LogP contribution in [0, 0.1) is 5.92 Å². The molecule has 2 aliphatic rings. The van der Waals surface area contributed by atoms with Crippen LogP contribution in [0.4, 0.5) is 24.5 Å². The number of esters is 1. The van der Waals surface area contributed by atoms with Crippen LogP contribution in [0.2, 0.25) is 0 Å². The molecule has 0 radical (unpaired) electrons. The fourth-order valence-corrected chi connectivity index (χ4v) is 8.61. The van der Waals surface area contributed by atoms with Crippen LogP contribution in [0.25, 0.3) is 0 Å². The lowest BCUT2D eigenvalue weighted by atomic mass is 9.82. The molecular weight excluding hydrogens is 672 g/mol. The predicted octanol–water partition coefficient (Wildman–Crippen LogP) is 5.55. The first-order valence-electron chi connectivity index (χ1n) is 14.6. The second-order valence-electron chi connectivity index (χ2n) is 10.8. The van der Waals surface area contributed by atoms with Crippen molar-refractivity contribution in [2.45, 2.75) is 35.8 Å². The molecule has 1 aromatic heterocycles. The Labute approximate surface area is 279 Å². The number of nitrogens with one attached hydrogen (secondary N) is 1. The van der Waals surface area contributed by atoms with Gasteiger partial charge in [-0.3, -0.25) is 23.7 Å². The third-order valence-electron chi connectivity index (χ3n) is 7.94. The summed E-state index contributed by atoms with van der Waals surface area (Å²) in [4.78, 5) is 67.8. The highest BCUT2D eigenvalue weighted by Crippen LogP contribution is 2.55. The van der Waals surface area contributed by atoms with Gasteiger partial charge in [-0.2, -0.15) is 13.2 Å². The van der Waals surface area contributed by atoms with Crippen LogP contribution in [0.5, 0.6) is 5.75 Å². The van der Waals surface area contributed by atoms with E-state index in [4.69, 9.17) is 9.47 Å². The molecule has 1 saturated heterocycles. The largest absolute Gasteiger partial charge is 0.496 e. The number of aromatic nitrogens is 1. The molecule has 15 heteroatoms. The van der Waals surface area contributed by atoms with Gasteiger partial charge in [-0.05, 0) is 55.5 Å². The number of amides is 3. The molecule has 48 heavy (non-hydrogen) atoms. The molecule has 0 saturated carbocycles. The lowest BCUT2D eigenvalue weighted by Crippen LogP contribution is -2.33. The first-order chi connectivity index (χ1) is 22.9. The zero-order valence-electron chi connectivity index (χ0n) is 25.3. The summed E-state index contributed by atoms with van der Waals surface area (Å²) in [7, 11) is 1.46. The molecular formula is C33H26F3N3O7S2. The van der Waals surface area contributed by atoms with Crippen molar-refractivity contribution in [2.24, 2.45) is 5.92 Å². The van der Waals surface area contributed by atoms with Gasteiger partial charge in [0.1, 0.15) is 17.5 Å². The molecule has 0 bridgehead atoms. The van der Waals surface area contributed by atoms with E-state index in [1.807, 2.05) is 0 Å². The van der Waals surface area contributed by atoms with Gasteiger partial charge >= 0.3 is 17.0 Å². The number of anilines is 2. The van der Waals surface area contributed by atoms with Crippen LogP contribution in [-0.2, 0) is 31.8 Å². The number of thiazole rings is 1. The first-order valence-corrected chi connectivity index (χ1v) is 16.3. The summed E-state index contributed by atoms with van der Waals surface area (Å²) < 4.78 is 51.5. The second kappa shape index (κ2) is 13.0. The Hall–Kier alpha value is -4.89. The third kappa shape index (κ3) is 5.99. The number of carbonyl (C=O) groups excluding carboxylic acids is 4. The number of methoxy groups -OCH3 is 1. The molecule has 1 N–H and O–H groups in total. The number of para-hydroxylation sites is 1. The quantitative estimate of drug-likeness (QED) is 0.188. The number of fused-ring (bicyclic) bond motifs is 2. The number of alkyl halides is 3. The van der Waals surface area contributed by atoms with E-state index in [1.54, 1.807) is 31.2 Å². The monoisotopic (exact) mass is 697 g/mol. The number of ether oxygens (including phenoxy) is 2. The lowest BCUT2D eigenvalue weighted by Gasteiger charge is -2.31. The summed E-state index contributed by atoms with van der Waals surface area (Å²) in [6.45, 7) is 1.30. The maximum Gasteiger partial charge on any atom is 0.416 e. The van der Waals surface area contributed by atoms with Gasteiger partial charge in [0.15, 0.2) is 0 Å². The van der Waals surface area contributed by atoms with Crippen LogP contribution in [0.3, 0.4) is 0 Å². The molecule has 0 spiro atoms. The van der Waals surface area contributed by atoms with Crippen molar-refractivity contribution in [3.63, 3.8) is 0 Å².